The van der Waals surface area contributed by atoms with Crippen molar-refractivity contribution in [3.05, 3.63) is 57.8 Å². The molecule has 0 radical (unpaired) electrons. The highest BCUT2D eigenvalue weighted by Crippen LogP contribution is 2.37. The predicted octanol–water partition coefficient (Wildman–Crippen LogP) is 4.91. The number of anilines is 1. The highest BCUT2D eigenvalue weighted by Gasteiger charge is 2.31. The molecule has 3 rings (SSSR count). The van der Waals surface area contributed by atoms with Gasteiger partial charge in [-0.15, -0.1) is 0 Å². The lowest BCUT2D eigenvalue weighted by molar-refractivity contribution is 0.137. The van der Waals surface area contributed by atoms with Gasteiger partial charge in [0, 0.05) is 24.2 Å². The van der Waals surface area contributed by atoms with Gasteiger partial charge in [-0.25, -0.2) is 4.39 Å². The van der Waals surface area contributed by atoms with Crippen LogP contribution in [0.5, 0.6) is 5.75 Å². The lowest BCUT2D eigenvalue weighted by atomic mass is 10.0. The Morgan fingerprint density at radius 1 is 1.29 bits per heavy atom. The standard InChI is InChI=1S/C17H17BrFNO/c1-17(2)9-11-4-3-5-12(16(11)21-17)10-20-13-6-7-14(18)15(19)8-13/h3-8,20H,9-10H2,1-2H3. The highest BCUT2D eigenvalue weighted by atomic mass is 79.9. The van der Waals surface area contributed by atoms with Gasteiger partial charge in [-0.3, -0.25) is 0 Å². The molecule has 0 atom stereocenters. The van der Waals surface area contributed by atoms with Crippen LogP contribution in [-0.4, -0.2) is 5.60 Å². The molecule has 0 saturated heterocycles. The lowest BCUT2D eigenvalue weighted by Gasteiger charge is -2.18. The van der Waals surface area contributed by atoms with Crippen molar-refractivity contribution < 1.29 is 9.13 Å². The van der Waals surface area contributed by atoms with E-state index in [1.165, 1.54) is 11.6 Å². The van der Waals surface area contributed by atoms with Crippen molar-refractivity contribution in [2.24, 2.45) is 0 Å². The maximum atomic E-state index is 13.5. The SMILES string of the molecule is CC1(C)Cc2cccc(CNc3ccc(Br)c(F)c3)c2O1. The van der Waals surface area contributed by atoms with E-state index in [0.29, 0.717) is 11.0 Å². The second-order valence-corrected chi connectivity index (χ2v) is 6.78. The largest absolute Gasteiger partial charge is 0.487 e. The van der Waals surface area contributed by atoms with Crippen molar-refractivity contribution in [2.75, 3.05) is 5.32 Å². The molecule has 110 valence electrons. The van der Waals surface area contributed by atoms with Gasteiger partial charge in [-0.2, -0.15) is 0 Å². The second-order valence-electron chi connectivity index (χ2n) is 5.93. The van der Waals surface area contributed by atoms with E-state index in [2.05, 4.69) is 41.2 Å². The van der Waals surface area contributed by atoms with Crippen LogP contribution in [-0.2, 0) is 13.0 Å². The molecule has 0 unspecified atom stereocenters. The van der Waals surface area contributed by atoms with Gasteiger partial charge in [0.1, 0.15) is 17.2 Å². The number of hydrogen-bond acceptors (Lipinski definition) is 2. The van der Waals surface area contributed by atoms with E-state index in [-0.39, 0.29) is 11.4 Å². The fourth-order valence-electron chi connectivity index (χ4n) is 2.62. The Hall–Kier alpha value is -1.55. The molecule has 0 aromatic heterocycles. The highest BCUT2D eigenvalue weighted by molar-refractivity contribution is 9.10. The quantitative estimate of drug-likeness (QED) is 0.849. The summed E-state index contributed by atoms with van der Waals surface area (Å²) in [4.78, 5) is 0. The fraction of sp³-hybridized carbons (Fsp3) is 0.294. The number of ether oxygens (including phenoxy) is 1. The van der Waals surface area contributed by atoms with E-state index < -0.39 is 0 Å². The van der Waals surface area contributed by atoms with Crippen LogP contribution in [0, 0.1) is 5.82 Å². The van der Waals surface area contributed by atoms with Gasteiger partial charge >= 0.3 is 0 Å². The molecule has 2 aromatic carbocycles. The van der Waals surface area contributed by atoms with Gasteiger partial charge < -0.3 is 10.1 Å². The van der Waals surface area contributed by atoms with E-state index in [0.717, 1.165) is 23.4 Å². The Kier molecular flexibility index (Phi) is 3.66. The molecule has 1 N–H and O–H groups in total. The van der Waals surface area contributed by atoms with Crippen LogP contribution in [0.1, 0.15) is 25.0 Å². The van der Waals surface area contributed by atoms with Crippen molar-refractivity contribution in [1.29, 1.82) is 0 Å². The first-order valence-electron chi connectivity index (χ1n) is 6.93. The van der Waals surface area contributed by atoms with Crippen LogP contribution in [0.25, 0.3) is 0 Å². The molecular weight excluding hydrogens is 333 g/mol. The number of rotatable bonds is 3. The van der Waals surface area contributed by atoms with Gasteiger partial charge in [0.25, 0.3) is 0 Å². The molecule has 2 aromatic rings. The van der Waals surface area contributed by atoms with Gasteiger partial charge in [-0.1, -0.05) is 18.2 Å². The Bertz CT molecular complexity index is 684. The molecule has 0 aliphatic carbocycles. The zero-order chi connectivity index (χ0) is 15.0. The number of benzene rings is 2. The molecule has 0 amide bonds. The third-order valence-electron chi connectivity index (χ3n) is 3.58. The maximum absolute atomic E-state index is 13.5. The summed E-state index contributed by atoms with van der Waals surface area (Å²) >= 11 is 3.16. The number of halogens is 2. The van der Waals surface area contributed by atoms with E-state index >= 15 is 0 Å². The number of hydrogen-bond donors (Lipinski definition) is 1. The average molecular weight is 350 g/mol. The van der Waals surface area contributed by atoms with Crippen LogP contribution >= 0.6 is 15.9 Å². The summed E-state index contributed by atoms with van der Waals surface area (Å²) in [6.07, 6.45) is 0.920. The normalized spacial score (nSPS) is 15.4. The third kappa shape index (κ3) is 3.05. The van der Waals surface area contributed by atoms with E-state index in [1.807, 2.05) is 18.2 Å². The Labute approximate surface area is 132 Å². The first-order chi connectivity index (χ1) is 9.94. The monoisotopic (exact) mass is 349 g/mol. The van der Waals surface area contributed by atoms with Gasteiger partial charge in [0.2, 0.25) is 0 Å². The molecule has 21 heavy (non-hydrogen) atoms. The summed E-state index contributed by atoms with van der Waals surface area (Å²) in [5.41, 5.74) is 2.94. The molecule has 1 aliphatic heterocycles. The third-order valence-corrected chi connectivity index (χ3v) is 4.22. The van der Waals surface area contributed by atoms with E-state index in [4.69, 9.17) is 4.74 Å². The molecular formula is C17H17BrFNO. The maximum Gasteiger partial charge on any atom is 0.139 e. The van der Waals surface area contributed by atoms with Crippen molar-refractivity contribution in [3.63, 3.8) is 0 Å². The number of para-hydroxylation sites is 1. The predicted molar refractivity (Wildman–Crippen MR) is 86.3 cm³/mol. The Morgan fingerprint density at radius 2 is 2.10 bits per heavy atom. The van der Waals surface area contributed by atoms with Crippen molar-refractivity contribution in [3.8, 4) is 5.75 Å². The summed E-state index contributed by atoms with van der Waals surface area (Å²) in [7, 11) is 0. The van der Waals surface area contributed by atoms with Gasteiger partial charge in [0.15, 0.2) is 0 Å². The summed E-state index contributed by atoms with van der Waals surface area (Å²) in [5, 5.41) is 3.25. The molecule has 1 aliphatic rings. The lowest BCUT2D eigenvalue weighted by Crippen LogP contribution is -2.25. The first kappa shape index (κ1) is 14.4. The molecule has 4 heteroatoms. The molecule has 0 spiro atoms. The average Bonchev–Trinajstić information content (AvgIpc) is 2.74. The van der Waals surface area contributed by atoms with Gasteiger partial charge in [0.05, 0.1) is 4.47 Å². The summed E-state index contributed by atoms with van der Waals surface area (Å²) < 4.78 is 20.0. The van der Waals surface area contributed by atoms with Crippen LogP contribution in [0.3, 0.4) is 0 Å². The minimum atomic E-state index is -0.268. The van der Waals surface area contributed by atoms with Crippen LogP contribution < -0.4 is 10.1 Å². The van der Waals surface area contributed by atoms with Crippen LogP contribution in [0.15, 0.2) is 40.9 Å². The first-order valence-corrected chi connectivity index (χ1v) is 7.73. The number of fused-ring (bicyclic) bond motifs is 1. The summed E-state index contributed by atoms with van der Waals surface area (Å²) in [6, 6.07) is 11.2. The van der Waals surface area contributed by atoms with Crippen molar-refractivity contribution in [1.82, 2.24) is 0 Å². The Balaban J connectivity index is 1.78. The van der Waals surface area contributed by atoms with Crippen LogP contribution in [0.2, 0.25) is 0 Å². The topological polar surface area (TPSA) is 21.3 Å². The summed E-state index contributed by atoms with van der Waals surface area (Å²) in [6.45, 7) is 4.79. The van der Waals surface area contributed by atoms with Crippen molar-refractivity contribution in [2.45, 2.75) is 32.4 Å². The van der Waals surface area contributed by atoms with Gasteiger partial charge in [-0.05, 0) is 53.5 Å². The molecule has 2 nitrogen and oxygen atoms in total. The molecule has 1 heterocycles. The number of nitrogens with one attached hydrogen (secondary N) is 1. The summed E-state index contributed by atoms with van der Waals surface area (Å²) in [5.74, 6) is 0.697. The molecule has 0 fully saturated rings. The fourth-order valence-corrected chi connectivity index (χ4v) is 2.87. The van der Waals surface area contributed by atoms with E-state index in [1.54, 1.807) is 6.07 Å². The zero-order valence-electron chi connectivity index (χ0n) is 12.0. The second kappa shape index (κ2) is 5.34. The smallest absolute Gasteiger partial charge is 0.139 e. The Morgan fingerprint density at radius 3 is 2.86 bits per heavy atom. The molecule has 0 saturated carbocycles. The van der Waals surface area contributed by atoms with Crippen molar-refractivity contribution >= 4 is 21.6 Å². The van der Waals surface area contributed by atoms with E-state index in [9.17, 15) is 4.39 Å². The van der Waals surface area contributed by atoms with Crippen LogP contribution in [0.4, 0.5) is 10.1 Å². The molecule has 0 bridgehead atoms. The minimum absolute atomic E-state index is 0.151. The zero-order valence-corrected chi connectivity index (χ0v) is 13.6. The minimum Gasteiger partial charge on any atom is -0.487 e.